The largest absolute Gasteiger partial charge is 0.484 e. The Kier molecular flexibility index (Phi) is 6.75. The number of aryl methyl sites for hydroxylation is 1. The fourth-order valence-electron chi connectivity index (χ4n) is 2.88. The highest BCUT2D eigenvalue weighted by atomic mass is 35.5. The van der Waals surface area contributed by atoms with Gasteiger partial charge in [0, 0.05) is 5.02 Å². The van der Waals surface area contributed by atoms with Gasteiger partial charge < -0.3 is 18.9 Å². The summed E-state index contributed by atoms with van der Waals surface area (Å²) in [6.07, 6.45) is 1.47. The van der Waals surface area contributed by atoms with Gasteiger partial charge in [0.15, 0.2) is 18.1 Å². The Morgan fingerprint density at radius 1 is 1.03 bits per heavy atom. The van der Waals surface area contributed by atoms with Crippen LogP contribution in [0.5, 0.6) is 23.0 Å². The van der Waals surface area contributed by atoms with Crippen LogP contribution >= 0.6 is 11.6 Å². The van der Waals surface area contributed by atoms with Gasteiger partial charge >= 0.3 is 5.97 Å². The smallest absolute Gasteiger partial charge is 0.343 e. The molecule has 3 aromatic rings. The average Bonchev–Trinajstić information content (AvgIpc) is 3.29. The van der Waals surface area contributed by atoms with Gasteiger partial charge in [-0.15, -0.1) is 0 Å². The van der Waals surface area contributed by atoms with Crippen molar-refractivity contribution in [1.29, 1.82) is 0 Å². The number of nitrogens with zero attached hydrogens (tertiary/aromatic N) is 1. The SMILES string of the molecule is Cc1cc(OCC(=O)N/N=C\c2ccc(OC(=O)c3ccc4c(c3)OCO4)cc2)ccc1Cl. The highest BCUT2D eigenvalue weighted by molar-refractivity contribution is 6.31. The zero-order valence-electron chi connectivity index (χ0n) is 17.5. The number of esters is 1. The summed E-state index contributed by atoms with van der Waals surface area (Å²) < 4.78 is 21.3. The molecular formula is C24H19ClN2O6. The topological polar surface area (TPSA) is 95.5 Å². The van der Waals surface area contributed by atoms with E-state index < -0.39 is 11.9 Å². The van der Waals surface area contributed by atoms with Crippen molar-refractivity contribution < 1.29 is 28.5 Å². The lowest BCUT2D eigenvalue weighted by atomic mass is 10.2. The number of carbonyl (C=O) groups excluding carboxylic acids is 2. The molecule has 0 aromatic heterocycles. The summed E-state index contributed by atoms with van der Waals surface area (Å²) in [5, 5.41) is 4.53. The molecule has 1 amide bonds. The Labute approximate surface area is 194 Å². The third kappa shape index (κ3) is 5.81. The predicted molar refractivity (Wildman–Crippen MR) is 121 cm³/mol. The van der Waals surface area contributed by atoms with Gasteiger partial charge in [-0.05, 0) is 78.7 Å². The summed E-state index contributed by atoms with van der Waals surface area (Å²) in [6.45, 7) is 1.79. The first-order valence-corrected chi connectivity index (χ1v) is 10.3. The normalized spacial score (nSPS) is 11.9. The zero-order valence-corrected chi connectivity index (χ0v) is 18.3. The van der Waals surface area contributed by atoms with Crippen molar-refractivity contribution in [2.24, 2.45) is 5.10 Å². The molecule has 0 atom stereocenters. The van der Waals surface area contributed by atoms with Gasteiger partial charge in [0.1, 0.15) is 11.5 Å². The van der Waals surface area contributed by atoms with Crippen LogP contribution in [0, 0.1) is 6.92 Å². The second kappa shape index (κ2) is 10.1. The molecule has 1 heterocycles. The summed E-state index contributed by atoms with van der Waals surface area (Å²) in [6, 6.07) is 16.6. The van der Waals surface area contributed by atoms with Crippen LogP contribution in [0.25, 0.3) is 0 Å². The molecule has 0 fully saturated rings. The molecule has 0 spiro atoms. The maximum atomic E-state index is 12.3. The molecule has 0 bridgehead atoms. The van der Waals surface area contributed by atoms with Crippen molar-refractivity contribution in [1.82, 2.24) is 5.43 Å². The molecule has 9 heteroatoms. The molecule has 1 aliphatic heterocycles. The maximum Gasteiger partial charge on any atom is 0.343 e. The first kappa shape index (κ1) is 22.2. The second-order valence-electron chi connectivity index (χ2n) is 7.02. The standard InChI is InChI=1S/C24H19ClN2O6/c1-15-10-19(7-8-20(15)25)30-13-23(28)27-26-12-16-2-5-18(6-3-16)33-24(29)17-4-9-21-22(11-17)32-14-31-21/h2-12H,13-14H2,1H3,(H,27,28)/b26-12-. The number of nitrogens with one attached hydrogen (secondary N) is 1. The summed E-state index contributed by atoms with van der Waals surface area (Å²) in [5.41, 5.74) is 4.30. The zero-order chi connectivity index (χ0) is 23.2. The van der Waals surface area contributed by atoms with Crippen molar-refractivity contribution in [2.45, 2.75) is 6.92 Å². The Morgan fingerprint density at radius 2 is 1.79 bits per heavy atom. The van der Waals surface area contributed by atoms with Gasteiger partial charge in [0.05, 0.1) is 11.8 Å². The highest BCUT2D eigenvalue weighted by Crippen LogP contribution is 2.32. The molecule has 4 rings (SSSR count). The molecule has 33 heavy (non-hydrogen) atoms. The fourth-order valence-corrected chi connectivity index (χ4v) is 3.00. The van der Waals surface area contributed by atoms with E-state index in [-0.39, 0.29) is 13.4 Å². The molecule has 0 saturated heterocycles. The van der Waals surface area contributed by atoms with Crippen LogP contribution in [-0.4, -0.2) is 31.5 Å². The number of benzene rings is 3. The van der Waals surface area contributed by atoms with Crippen molar-refractivity contribution in [3.05, 3.63) is 82.4 Å². The molecule has 1 N–H and O–H groups in total. The number of carbonyl (C=O) groups is 2. The van der Waals surface area contributed by atoms with Gasteiger partial charge in [-0.2, -0.15) is 5.10 Å². The fraction of sp³-hybridized carbons (Fsp3) is 0.125. The minimum absolute atomic E-state index is 0.131. The van der Waals surface area contributed by atoms with E-state index >= 15 is 0 Å². The Morgan fingerprint density at radius 3 is 2.58 bits per heavy atom. The van der Waals surface area contributed by atoms with Crippen LogP contribution < -0.4 is 24.4 Å². The van der Waals surface area contributed by atoms with E-state index in [9.17, 15) is 9.59 Å². The molecule has 0 unspecified atom stereocenters. The van der Waals surface area contributed by atoms with E-state index in [1.807, 2.05) is 6.92 Å². The van der Waals surface area contributed by atoms with E-state index in [1.165, 1.54) is 6.21 Å². The first-order valence-electron chi connectivity index (χ1n) is 9.91. The van der Waals surface area contributed by atoms with Crippen molar-refractivity contribution in [3.63, 3.8) is 0 Å². The number of ether oxygens (including phenoxy) is 4. The summed E-state index contributed by atoms with van der Waals surface area (Å²) in [4.78, 5) is 24.2. The Balaban J connectivity index is 1.25. The van der Waals surface area contributed by atoms with Gasteiger partial charge in [-0.1, -0.05) is 11.6 Å². The van der Waals surface area contributed by atoms with Crippen LogP contribution in [0.4, 0.5) is 0 Å². The lowest BCUT2D eigenvalue weighted by Gasteiger charge is -2.06. The van der Waals surface area contributed by atoms with Crippen LogP contribution in [0.2, 0.25) is 5.02 Å². The number of fused-ring (bicyclic) bond motifs is 1. The molecule has 1 aliphatic rings. The van der Waals surface area contributed by atoms with Crippen molar-refractivity contribution in [3.8, 4) is 23.0 Å². The minimum Gasteiger partial charge on any atom is -0.484 e. The highest BCUT2D eigenvalue weighted by Gasteiger charge is 2.17. The number of amides is 1. The van der Waals surface area contributed by atoms with Gasteiger partial charge in [-0.25, -0.2) is 10.2 Å². The molecule has 8 nitrogen and oxygen atoms in total. The van der Waals surface area contributed by atoms with E-state index in [2.05, 4.69) is 10.5 Å². The lowest BCUT2D eigenvalue weighted by Crippen LogP contribution is -2.24. The molecule has 3 aromatic carbocycles. The maximum absolute atomic E-state index is 12.3. The Hall–Kier alpha value is -4.04. The second-order valence-corrected chi connectivity index (χ2v) is 7.43. The van der Waals surface area contributed by atoms with Gasteiger partial charge in [0.25, 0.3) is 5.91 Å². The molecule has 0 radical (unpaired) electrons. The first-order chi connectivity index (χ1) is 16.0. The van der Waals surface area contributed by atoms with Crippen molar-refractivity contribution >= 4 is 29.7 Å². The number of hydrogen-bond donors (Lipinski definition) is 1. The van der Waals surface area contributed by atoms with Crippen LogP contribution in [0.3, 0.4) is 0 Å². The molecule has 0 saturated carbocycles. The van der Waals surface area contributed by atoms with Crippen LogP contribution in [-0.2, 0) is 4.79 Å². The van der Waals surface area contributed by atoms with Crippen molar-refractivity contribution in [2.75, 3.05) is 13.4 Å². The minimum atomic E-state index is -0.516. The summed E-state index contributed by atoms with van der Waals surface area (Å²) >= 11 is 5.96. The van der Waals surface area contributed by atoms with Crippen LogP contribution in [0.1, 0.15) is 21.5 Å². The average molecular weight is 467 g/mol. The van der Waals surface area contributed by atoms with E-state index in [0.717, 1.165) is 5.56 Å². The third-order valence-electron chi connectivity index (χ3n) is 4.60. The third-order valence-corrected chi connectivity index (χ3v) is 5.03. The summed E-state index contributed by atoms with van der Waals surface area (Å²) in [7, 11) is 0. The predicted octanol–water partition coefficient (Wildman–Crippen LogP) is 4.13. The molecule has 168 valence electrons. The van der Waals surface area contributed by atoms with E-state index in [1.54, 1.807) is 60.7 Å². The number of rotatable bonds is 7. The summed E-state index contributed by atoms with van der Waals surface area (Å²) in [5.74, 6) is 1.08. The monoisotopic (exact) mass is 466 g/mol. The number of hydrazone groups is 1. The number of hydrogen-bond acceptors (Lipinski definition) is 7. The van der Waals surface area contributed by atoms with E-state index in [4.69, 9.17) is 30.5 Å². The van der Waals surface area contributed by atoms with Gasteiger partial charge in [0.2, 0.25) is 6.79 Å². The quantitative estimate of drug-likeness (QED) is 0.243. The molecular weight excluding hydrogens is 448 g/mol. The van der Waals surface area contributed by atoms with Crippen LogP contribution in [0.15, 0.2) is 65.8 Å². The molecule has 0 aliphatic carbocycles. The Bertz CT molecular complexity index is 1210. The number of halogens is 1. The van der Waals surface area contributed by atoms with E-state index in [0.29, 0.717) is 39.1 Å². The van der Waals surface area contributed by atoms with Gasteiger partial charge in [-0.3, -0.25) is 4.79 Å². The lowest BCUT2D eigenvalue weighted by molar-refractivity contribution is -0.123.